The topological polar surface area (TPSA) is 36.4 Å². The van der Waals surface area contributed by atoms with Crippen molar-refractivity contribution in [3.63, 3.8) is 0 Å². The van der Waals surface area contributed by atoms with Gasteiger partial charge in [0.2, 0.25) is 0 Å². The van der Waals surface area contributed by atoms with Crippen molar-refractivity contribution in [3.8, 4) is 0 Å². The molecular formula is C22H22BrN3OS. The van der Waals surface area contributed by atoms with Crippen LogP contribution in [0.4, 0.5) is 5.13 Å². The third-order valence-corrected chi connectivity index (χ3v) is 7.34. The van der Waals surface area contributed by atoms with Crippen LogP contribution in [0.25, 0.3) is 10.2 Å². The van der Waals surface area contributed by atoms with Crippen LogP contribution in [0.2, 0.25) is 0 Å². The third-order valence-electron chi connectivity index (χ3n) is 5.77. The number of halogens is 1. The molecule has 0 spiro atoms. The number of nitrogens with zero attached hydrogens (tertiary/aromatic N) is 3. The van der Waals surface area contributed by atoms with Gasteiger partial charge in [-0.15, -0.1) is 0 Å². The number of thiazole rings is 1. The summed E-state index contributed by atoms with van der Waals surface area (Å²) in [6.45, 7) is 3.15. The van der Waals surface area contributed by atoms with Gasteiger partial charge in [0.05, 0.1) is 10.2 Å². The first-order valence-electron chi connectivity index (χ1n) is 9.89. The molecule has 2 aromatic carbocycles. The van der Waals surface area contributed by atoms with Gasteiger partial charge in [0.15, 0.2) is 5.13 Å². The molecule has 0 radical (unpaired) electrons. The molecule has 1 amide bonds. The molecule has 2 aliphatic rings. The summed E-state index contributed by atoms with van der Waals surface area (Å²) in [6, 6.07) is 12.5. The second-order valence-electron chi connectivity index (χ2n) is 7.58. The number of carbonyl (C=O) groups is 1. The maximum absolute atomic E-state index is 13.0. The second-order valence-corrected chi connectivity index (χ2v) is 9.50. The smallest absolute Gasteiger partial charge is 0.253 e. The number of aromatic nitrogens is 1. The highest BCUT2D eigenvalue weighted by atomic mass is 79.9. The minimum atomic E-state index is 0.168. The lowest BCUT2D eigenvalue weighted by atomic mass is 9.90. The molecule has 6 heteroatoms. The second kappa shape index (κ2) is 7.48. The standard InChI is InChI=1S/C22H22BrN3OS/c23-18-7-8-19-20(14-18)28-22(24-19)26-11-9-25(10-12-26)21(27)17-6-5-15-3-1-2-4-16(15)13-17/h5-8,13-14H,1-4,9-12H2. The van der Waals surface area contributed by atoms with Crippen molar-refractivity contribution < 1.29 is 4.79 Å². The Morgan fingerprint density at radius 3 is 2.57 bits per heavy atom. The van der Waals surface area contributed by atoms with E-state index < -0.39 is 0 Å². The number of amides is 1. The summed E-state index contributed by atoms with van der Waals surface area (Å²) in [5, 5.41) is 1.05. The molecule has 0 bridgehead atoms. The van der Waals surface area contributed by atoms with Crippen molar-refractivity contribution in [1.29, 1.82) is 0 Å². The van der Waals surface area contributed by atoms with Crippen LogP contribution in [-0.2, 0) is 12.8 Å². The zero-order valence-electron chi connectivity index (χ0n) is 15.7. The number of carbonyl (C=O) groups excluding carboxylic acids is 1. The van der Waals surface area contributed by atoms with Crippen molar-refractivity contribution in [3.05, 3.63) is 57.6 Å². The predicted octanol–water partition coefficient (Wildman–Crippen LogP) is 4.90. The Labute approximate surface area is 177 Å². The van der Waals surface area contributed by atoms with Crippen molar-refractivity contribution in [2.75, 3.05) is 31.1 Å². The van der Waals surface area contributed by atoms with Crippen molar-refractivity contribution in [2.24, 2.45) is 0 Å². The van der Waals surface area contributed by atoms with Crippen LogP contribution in [0.1, 0.15) is 34.3 Å². The summed E-state index contributed by atoms with van der Waals surface area (Å²) in [6.07, 6.45) is 4.77. The highest BCUT2D eigenvalue weighted by Crippen LogP contribution is 2.31. The van der Waals surface area contributed by atoms with Gasteiger partial charge in [0.1, 0.15) is 0 Å². The highest BCUT2D eigenvalue weighted by molar-refractivity contribution is 9.10. The lowest BCUT2D eigenvalue weighted by molar-refractivity contribution is 0.0746. The first-order valence-corrected chi connectivity index (χ1v) is 11.5. The Kier molecular flexibility index (Phi) is 4.85. The molecule has 1 aromatic heterocycles. The summed E-state index contributed by atoms with van der Waals surface area (Å²) in [4.78, 5) is 22.1. The van der Waals surface area contributed by atoms with Gasteiger partial charge in [0, 0.05) is 36.2 Å². The van der Waals surface area contributed by atoms with Crippen LogP contribution in [0.3, 0.4) is 0 Å². The molecule has 2 heterocycles. The molecule has 1 aliphatic heterocycles. The molecule has 1 saturated heterocycles. The lowest BCUT2D eigenvalue weighted by Gasteiger charge is -2.34. The molecule has 0 saturated carbocycles. The molecule has 28 heavy (non-hydrogen) atoms. The highest BCUT2D eigenvalue weighted by Gasteiger charge is 2.24. The average molecular weight is 456 g/mol. The fourth-order valence-electron chi connectivity index (χ4n) is 4.17. The van der Waals surface area contributed by atoms with Crippen LogP contribution in [0.15, 0.2) is 40.9 Å². The van der Waals surface area contributed by atoms with E-state index in [2.05, 4.69) is 45.1 Å². The fraction of sp³-hybridized carbons (Fsp3) is 0.364. The maximum atomic E-state index is 13.0. The number of benzene rings is 2. The Bertz CT molecular complexity index is 1040. The monoisotopic (exact) mass is 455 g/mol. The molecule has 1 fully saturated rings. The van der Waals surface area contributed by atoms with Crippen molar-refractivity contribution in [2.45, 2.75) is 25.7 Å². The first-order chi connectivity index (χ1) is 13.7. The van der Waals surface area contributed by atoms with Gasteiger partial charge in [-0.05, 0) is 67.1 Å². The van der Waals surface area contributed by atoms with Gasteiger partial charge in [-0.2, -0.15) is 0 Å². The van der Waals surface area contributed by atoms with Gasteiger partial charge in [-0.1, -0.05) is 33.3 Å². The number of piperazine rings is 1. The summed E-state index contributed by atoms with van der Waals surface area (Å²) in [5.41, 5.74) is 4.68. The molecule has 0 unspecified atom stereocenters. The molecule has 4 nitrogen and oxygen atoms in total. The summed E-state index contributed by atoms with van der Waals surface area (Å²) >= 11 is 5.25. The molecular weight excluding hydrogens is 434 g/mol. The number of fused-ring (bicyclic) bond motifs is 2. The normalized spacial score (nSPS) is 17.0. The van der Waals surface area contributed by atoms with E-state index in [9.17, 15) is 4.79 Å². The number of hydrogen-bond donors (Lipinski definition) is 0. The van der Waals surface area contributed by atoms with E-state index in [1.165, 1.54) is 28.7 Å². The van der Waals surface area contributed by atoms with Gasteiger partial charge in [-0.25, -0.2) is 4.98 Å². The van der Waals surface area contributed by atoms with E-state index in [0.29, 0.717) is 0 Å². The number of anilines is 1. The zero-order valence-corrected chi connectivity index (χ0v) is 18.1. The van der Waals surface area contributed by atoms with Gasteiger partial charge in [0.25, 0.3) is 5.91 Å². The minimum absolute atomic E-state index is 0.168. The average Bonchev–Trinajstić information content (AvgIpc) is 3.16. The lowest BCUT2D eigenvalue weighted by Crippen LogP contribution is -2.48. The minimum Gasteiger partial charge on any atom is -0.345 e. The van der Waals surface area contributed by atoms with Gasteiger partial charge < -0.3 is 9.80 Å². The van der Waals surface area contributed by atoms with Crippen molar-refractivity contribution >= 4 is 48.5 Å². The van der Waals surface area contributed by atoms with E-state index in [-0.39, 0.29) is 5.91 Å². The molecule has 0 N–H and O–H groups in total. The van der Waals surface area contributed by atoms with Crippen LogP contribution < -0.4 is 4.90 Å². The van der Waals surface area contributed by atoms with Crippen LogP contribution in [0, 0.1) is 0 Å². The Morgan fingerprint density at radius 2 is 1.75 bits per heavy atom. The fourth-order valence-corrected chi connectivity index (χ4v) is 5.74. The molecule has 144 valence electrons. The molecule has 0 atom stereocenters. The summed E-state index contributed by atoms with van der Waals surface area (Å²) in [7, 11) is 0. The largest absolute Gasteiger partial charge is 0.345 e. The Hall–Kier alpha value is -1.92. The number of rotatable bonds is 2. The summed E-state index contributed by atoms with van der Waals surface area (Å²) in [5.74, 6) is 0.168. The van der Waals surface area contributed by atoms with E-state index in [1.807, 2.05) is 17.0 Å². The van der Waals surface area contributed by atoms with E-state index in [4.69, 9.17) is 4.98 Å². The molecule has 5 rings (SSSR count). The SMILES string of the molecule is O=C(c1ccc2c(c1)CCCC2)N1CCN(c2nc3ccc(Br)cc3s2)CC1. The first kappa shape index (κ1) is 18.1. The van der Waals surface area contributed by atoms with Crippen molar-refractivity contribution in [1.82, 2.24) is 9.88 Å². The maximum Gasteiger partial charge on any atom is 0.253 e. The van der Waals surface area contributed by atoms with Gasteiger partial charge >= 0.3 is 0 Å². The summed E-state index contributed by atoms with van der Waals surface area (Å²) < 4.78 is 2.27. The van der Waals surface area contributed by atoms with Crippen LogP contribution in [0.5, 0.6) is 0 Å². The van der Waals surface area contributed by atoms with Crippen LogP contribution in [-0.4, -0.2) is 42.0 Å². The van der Waals surface area contributed by atoms with Crippen LogP contribution >= 0.6 is 27.3 Å². The van der Waals surface area contributed by atoms with E-state index >= 15 is 0 Å². The number of hydrogen-bond acceptors (Lipinski definition) is 4. The van der Waals surface area contributed by atoms with Gasteiger partial charge in [-0.3, -0.25) is 4.79 Å². The Morgan fingerprint density at radius 1 is 0.964 bits per heavy atom. The quantitative estimate of drug-likeness (QED) is 0.551. The van der Waals surface area contributed by atoms with E-state index in [0.717, 1.165) is 59.7 Å². The predicted molar refractivity (Wildman–Crippen MR) is 119 cm³/mol. The number of aryl methyl sites for hydroxylation is 2. The zero-order chi connectivity index (χ0) is 19.1. The van der Waals surface area contributed by atoms with E-state index in [1.54, 1.807) is 11.3 Å². The molecule has 3 aromatic rings. The molecule has 1 aliphatic carbocycles. The Balaban J connectivity index is 1.28. The third kappa shape index (κ3) is 3.44.